The zero-order chi connectivity index (χ0) is 31.4. The fourth-order valence-corrected chi connectivity index (χ4v) is 7.68. The van der Waals surface area contributed by atoms with E-state index in [9.17, 15) is 26.0 Å². The highest BCUT2D eigenvalue weighted by Crippen LogP contribution is 2.33. The van der Waals surface area contributed by atoms with Gasteiger partial charge in [-0.1, -0.05) is 6.92 Å². The first kappa shape index (κ1) is 30.0. The molecule has 226 valence electrons. The second-order valence-corrected chi connectivity index (χ2v) is 13.6. The number of ketones is 1. The molecule has 12 nitrogen and oxygen atoms in total. The van der Waals surface area contributed by atoms with Gasteiger partial charge in [0.1, 0.15) is 16.4 Å². The van der Waals surface area contributed by atoms with Gasteiger partial charge in [0.15, 0.2) is 5.82 Å². The van der Waals surface area contributed by atoms with Gasteiger partial charge >= 0.3 is 0 Å². The van der Waals surface area contributed by atoms with Crippen LogP contribution in [-0.4, -0.2) is 57.3 Å². The highest BCUT2D eigenvalue weighted by Gasteiger charge is 2.29. The Morgan fingerprint density at radius 3 is 2.44 bits per heavy atom. The Hall–Kier alpha value is -4.44. The Balaban J connectivity index is 1.59. The van der Waals surface area contributed by atoms with Crippen LogP contribution >= 0.6 is 0 Å². The van der Waals surface area contributed by atoms with E-state index in [1.807, 2.05) is 0 Å². The van der Waals surface area contributed by atoms with Crippen molar-refractivity contribution in [1.82, 2.24) is 28.9 Å². The number of benzene rings is 1. The second-order valence-electron chi connectivity index (χ2n) is 10.0. The molecule has 16 heteroatoms. The highest BCUT2D eigenvalue weighted by molar-refractivity contribution is 7.92. The molecule has 5 aromatic rings. The second kappa shape index (κ2) is 10.7. The molecule has 0 spiro atoms. The van der Waals surface area contributed by atoms with Crippen molar-refractivity contribution in [1.29, 1.82) is 0 Å². The molecule has 0 atom stereocenters. The molecule has 0 radical (unpaired) electrons. The third-order valence-electron chi connectivity index (χ3n) is 6.85. The summed E-state index contributed by atoms with van der Waals surface area (Å²) in [5.74, 6) is -3.87. The van der Waals surface area contributed by atoms with Crippen LogP contribution in [0.3, 0.4) is 0 Å². The minimum atomic E-state index is -4.10. The van der Waals surface area contributed by atoms with Crippen LogP contribution in [0.1, 0.15) is 46.3 Å². The molecule has 0 unspecified atom stereocenters. The predicted molar refractivity (Wildman–Crippen MR) is 155 cm³/mol. The zero-order valence-corrected chi connectivity index (χ0v) is 25.4. The Bertz CT molecular complexity index is 2150. The molecule has 4 aromatic heterocycles. The van der Waals surface area contributed by atoms with Crippen LogP contribution in [0, 0.1) is 32.4 Å². The predicted octanol–water partition coefficient (Wildman–Crippen LogP) is 3.98. The van der Waals surface area contributed by atoms with E-state index in [2.05, 4.69) is 24.9 Å². The minimum absolute atomic E-state index is 0.0116. The van der Waals surface area contributed by atoms with Gasteiger partial charge in [-0.15, -0.1) is 0 Å². The zero-order valence-electron chi connectivity index (χ0n) is 23.7. The number of carbonyl (C=O) groups is 1. The summed E-state index contributed by atoms with van der Waals surface area (Å²) in [6, 6.07) is 3.26. The van der Waals surface area contributed by atoms with Crippen molar-refractivity contribution in [2.75, 3.05) is 10.5 Å². The van der Waals surface area contributed by atoms with Crippen LogP contribution in [0.4, 0.5) is 14.5 Å². The fourth-order valence-electron chi connectivity index (χ4n) is 4.98. The van der Waals surface area contributed by atoms with Gasteiger partial charge in [0.2, 0.25) is 15.8 Å². The smallest absolute Gasteiger partial charge is 0.286 e. The standard InChI is InChI=1S/C27H27F2N7O5S2/c1-6-9-42(38,39)34-21-8-7-20(28)24(25(21)29)26(37)19-12-31-27-18(19)10-17(11-30-27)23-15(3)33-36(16(23)4)43(40,41)22-13-35(5)32-14(22)2/h7-8,10-13,34H,6,9H2,1-5H3,(H,30,31). The number of rotatable bonds is 9. The van der Waals surface area contributed by atoms with E-state index in [4.69, 9.17) is 0 Å². The first-order valence-electron chi connectivity index (χ1n) is 13.0. The fraction of sp³-hybridized carbons (Fsp3) is 0.259. The average Bonchev–Trinajstić information content (AvgIpc) is 3.59. The molecular formula is C27H27F2N7O5S2. The Labute approximate surface area is 245 Å². The number of halogens is 2. The molecule has 4 heterocycles. The number of carbonyl (C=O) groups excluding carboxylic acids is 1. The maximum atomic E-state index is 15.4. The number of aryl methyl sites for hydroxylation is 3. The summed E-state index contributed by atoms with van der Waals surface area (Å²) < 4.78 is 85.9. The number of aromatic nitrogens is 6. The molecule has 0 amide bonds. The average molecular weight is 632 g/mol. The molecule has 0 aliphatic carbocycles. The maximum Gasteiger partial charge on any atom is 0.286 e. The lowest BCUT2D eigenvalue weighted by Crippen LogP contribution is -2.18. The molecular weight excluding hydrogens is 604 g/mol. The summed E-state index contributed by atoms with van der Waals surface area (Å²) in [5.41, 5.74) is 0.377. The number of hydrogen-bond acceptors (Lipinski definition) is 8. The van der Waals surface area contributed by atoms with Crippen molar-refractivity contribution in [3.8, 4) is 11.1 Å². The van der Waals surface area contributed by atoms with Crippen molar-refractivity contribution in [3.05, 3.63) is 76.6 Å². The normalized spacial score (nSPS) is 12.3. The van der Waals surface area contributed by atoms with Crippen LogP contribution in [0.5, 0.6) is 0 Å². The van der Waals surface area contributed by atoms with Gasteiger partial charge in [0.25, 0.3) is 10.0 Å². The number of pyridine rings is 1. The van der Waals surface area contributed by atoms with E-state index in [-0.39, 0.29) is 39.4 Å². The number of nitrogens with one attached hydrogen (secondary N) is 2. The number of sulfonamides is 1. The molecule has 0 fully saturated rings. The molecule has 0 saturated carbocycles. The number of anilines is 1. The maximum absolute atomic E-state index is 15.4. The Morgan fingerprint density at radius 2 is 1.79 bits per heavy atom. The molecule has 2 N–H and O–H groups in total. The third-order valence-corrected chi connectivity index (χ3v) is 10.1. The molecule has 0 saturated heterocycles. The lowest BCUT2D eigenvalue weighted by Gasteiger charge is -2.11. The van der Waals surface area contributed by atoms with Gasteiger partial charge in [0, 0.05) is 47.7 Å². The summed E-state index contributed by atoms with van der Waals surface area (Å²) >= 11 is 0. The molecule has 43 heavy (non-hydrogen) atoms. The Morgan fingerprint density at radius 1 is 1.07 bits per heavy atom. The van der Waals surface area contributed by atoms with E-state index in [0.717, 1.165) is 16.2 Å². The van der Waals surface area contributed by atoms with Crippen LogP contribution in [0.2, 0.25) is 0 Å². The summed E-state index contributed by atoms with van der Waals surface area (Å²) in [5, 5.41) is 8.58. The van der Waals surface area contributed by atoms with Crippen molar-refractivity contribution >= 4 is 42.6 Å². The van der Waals surface area contributed by atoms with E-state index in [1.165, 1.54) is 23.3 Å². The summed E-state index contributed by atoms with van der Waals surface area (Å²) in [6.07, 6.45) is 4.35. The van der Waals surface area contributed by atoms with Gasteiger partial charge in [0.05, 0.1) is 34.1 Å². The molecule has 5 rings (SSSR count). The first-order chi connectivity index (χ1) is 20.2. The van der Waals surface area contributed by atoms with E-state index >= 15 is 4.39 Å². The lowest BCUT2D eigenvalue weighted by molar-refractivity contribution is 0.103. The van der Waals surface area contributed by atoms with E-state index < -0.39 is 48.7 Å². The van der Waals surface area contributed by atoms with Crippen molar-refractivity contribution in [2.24, 2.45) is 7.05 Å². The van der Waals surface area contributed by atoms with Crippen LogP contribution < -0.4 is 4.72 Å². The minimum Gasteiger partial charge on any atom is -0.345 e. The van der Waals surface area contributed by atoms with Crippen LogP contribution in [0.15, 0.2) is 41.7 Å². The summed E-state index contributed by atoms with van der Waals surface area (Å²) in [4.78, 5) is 20.6. The molecule has 1 aromatic carbocycles. The SMILES string of the molecule is CCCS(=O)(=O)Nc1ccc(F)c(C(=O)c2c[nH]c3ncc(-c4c(C)nn(S(=O)(=O)c5cn(C)nc5C)c4C)cc23)c1F. The van der Waals surface area contributed by atoms with Crippen molar-refractivity contribution in [2.45, 2.75) is 39.0 Å². The summed E-state index contributed by atoms with van der Waals surface area (Å²) in [7, 11) is -6.41. The van der Waals surface area contributed by atoms with Crippen molar-refractivity contribution < 1.29 is 30.4 Å². The lowest BCUT2D eigenvalue weighted by atomic mass is 9.99. The first-order valence-corrected chi connectivity index (χ1v) is 16.1. The topological polar surface area (TPSA) is 162 Å². The van der Waals surface area contributed by atoms with Crippen LogP contribution in [-0.2, 0) is 27.1 Å². The Kier molecular flexibility index (Phi) is 7.46. The quantitative estimate of drug-likeness (QED) is 0.231. The largest absolute Gasteiger partial charge is 0.345 e. The number of nitrogens with zero attached hydrogens (tertiary/aromatic N) is 5. The molecule has 0 aliphatic rings. The monoisotopic (exact) mass is 631 g/mol. The highest BCUT2D eigenvalue weighted by atomic mass is 32.2. The van der Waals surface area contributed by atoms with E-state index in [0.29, 0.717) is 22.5 Å². The van der Waals surface area contributed by atoms with Crippen molar-refractivity contribution in [3.63, 3.8) is 0 Å². The molecule has 0 bridgehead atoms. The number of fused-ring (bicyclic) bond motifs is 1. The summed E-state index contributed by atoms with van der Waals surface area (Å²) in [6.45, 7) is 6.39. The van der Waals surface area contributed by atoms with Crippen LogP contribution in [0.25, 0.3) is 22.2 Å². The molecule has 0 aliphatic heterocycles. The number of aromatic amines is 1. The van der Waals surface area contributed by atoms with Gasteiger partial charge in [-0.2, -0.15) is 22.7 Å². The van der Waals surface area contributed by atoms with E-state index in [1.54, 1.807) is 40.8 Å². The van der Waals surface area contributed by atoms with Gasteiger partial charge in [-0.25, -0.2) is 22.2 Å². The third kappa shape index (κ3) is 5.20. The van der Waals surface area contributed by atoms with Gasteiger partial charge in [-0.3, -0.25) is 14.2 Å². The number of hydrogen-bond donors (Lipinski definition) is 2. The van der Waals surface area contributed by atoms with Gasteiger partial charge < -0.3 is 4.98 Å². The van der Waals surface area contributed by atoms with Gasteiger partial charge in [-0.05, 0) is 45.4 Å². The number of H-pyrrole nitrogens is 1.